The monoisotopic (exact) mass is 192 g/mol. The topological polar surface area (TPSA) is 41.8 Å². The predicted octanol–water partition coefficient (Wildman–Crippen LogP) is 2.12. The van der Waals surface area contributed by atoms with Crippen molar-refractivity contribution in [3.05, 3.63) is 35.3 Å². The average Bonchev–Trinajstić information content (AvgIpc) is 2.58. The van der Waals surface area contributed by atoms with Gasteiger partial charge >= 0.3 is 0 Å². The molecule has 2 aromatic rings. The zero-order chi connectivity index (χ0) is 10.1. The highest BCUT2D eigenvalue weighted by Gasteiger charge is 2.09. The summed E-state index contributed by atoms with van der Waals surface area (Å²) in [6, 6.07) is 3.28. The molecule has 1 heterocycles. The molecule has 0 bridgehead atoms. The zero-order valence-corrected chi connectivity index (χ0v) is 8.10. The van der Waals surface area contributed by atoms with Crippen LogP contribution in [0.2, 0.25) is 0 Å². The molecule has 0 saturated heterocycles. The van der Waals surface area contributed by atoms with Crippen molar-refractivity contribution in [2.75, 3.05) is 6.54 Å². The number of aryl methyl sites for hydroxylation is 1. The van der Waals surface area contributed by atoms with Gasteiger partial charge in [-0.15, -0.1) is 0 Å². The number of hydrogen-bond acceptors (Lipinski definition) is 1. The molecule has 3 N–H and O–H groups in total. The Hall–Kier alpha value is -1.35. The molecular formula is C11H13FN2. The van der Waals surface area contributed by atoms with Gasteiger partial charge in [-0.1, -0.05) is 6.07 Å². The molecule has 0 unspecified atom stereocenters. The van der Waals surface area contributed by atoms with Crippen molar-refractivity contribution in [3.63, 3.8) is 0 Å². The minimum Gasteiger partial charge on any atom is -0.361 e. The molecule has 2 nitrogen and oxygen atoms in total. The first kappa shape index (κ1) is 9.21. The van der Waals surface area contributed by atoms with E-state index in [0.29, 0.717) is 18.4 Å². The minimum atomic E-state index is -0.171. The van der Waals surface area contributed by atoms with Crippen LogP contribution in [-0.2, 0) is 6.42 Å². The first-order chi connectivity index (χ1) is 6.74. The maximum atomic E-state index is 13.5. The highest BCUT2D eigenvalue weighted by atomic mass is 19.1. The Morgan fingerprint density at radius 3 is 2.93 bits per heavy atom. The number of aromatic nitrogens is 1. The van der Waals surface area contributed by atoms with E-state index in [0.717, 1.165) is 16.6 Å². The van der Waals surface area contributed by atoms with Crippen LogP contribution in [0, 0.1) is 12.7 Å². The van der Waals surface area contributed by atoms with Gasteiger partial charge in [0.25, 0.3) is 0 Å². The van der Waals surface area contributed by atoms with Gasteiger partial charge in [-0.25, -0.2) is 4.39 Å². The van der Waals surface area contributed by atoms with E-state index in [9.17, 15) is 4.39 Å². The van der Waals surface area contributed by atoms with E-state index in [1.165, 1.54) is 6.07 Å². The summed E-state index contributed by atoms with van der Waals surface area (Å²) in [7, 11) is 0. The molecule has 14 heavy (non-hydrogen) atoms. The maximum absolute atomic E-state index is 13.5. The van der Waals surface area contributed by atoms with Gasteiger partial charge in [-0.3, -0.25) is 0 Å². The molecule has 74 valence electrons. The molecule has 0 aliphatic rings. The van der Waals surface area contributed by atoms with Gasteiger partial charge in [0.2, 0.25) is 0 Å². The van der Waals surface area contributed by atoms with Gasteiger partial charge in [0.05, 0.1) is 5.52 Å². The lowest BCUT2D eigenvalue weighted by Gasteiger charge is -2.00. The van der Waals surface area contributed by atoms with Gasteiger partial charge in [-0.05, 0) is 37.1 Å². The molecule has 0 aliphatic carbocycles. The van der Waals surface area contributed by atoms with E-state index in [1.54, 1.807) is 6.07 Å². The molecule has 0 radical (unpaired) electrons. The Balaban J connectivity index is 2.70. The number of fused-ring (bicyclic) bond motifs is 1. The summed E-state index contributed by atoms with van der Waals surface area (Å²) in [4.78, 5) is 3.09. The van der Waals surface area contributed by atoms with E-state index in [4.69, 9.17) is 5.73 Å². The van der Waals surface area contributed by atoms with Crippen molar-refractivity contribution < 1.29 is 4.39 Å². The van der Waals surface area contributed by atoms with Crippen LogP contribution in [0.15, 0.2) is 18.3 Å². The number of halogens is 1. The fraction of sp³-hybridized carbons (Fsp3) is 0.273. The quantitative estimate of drug-likeness (QED) is 0.751. The minimum absolute atomic E-state index is 0.171. The second kappa shape index (κ2) is 3.42. The average molecular weight is 192 g/mol. The van der Waals surface area contributed by atoms with E-state index in [1.807, 2.05) is 13.1 Å². The smallest absolute Gasteiger partial charge is 0.132 e. The van der Waals surface area contributed by atoms with Crippen molar-refractivity contribution in [3.8, 4) is 0 Å². The molecule has 3 heteroatoms. The SMILES string of the molecule is Cc1ccc(F)c2c(CCN)c[nH]c12. The lowest BCUT2D eigenvalue weighted by molar-refractivity contribution is 0.638. The summed E-state index contributed by atoms with van der Waals surface area (Å²) >= 11 is 0. The number of rotatable bonds is 2. The van der Waals surface area contributed by atoms with Gasteiger partial charge in [-0.2, -0.15) is 0 Å². The molecule has 1 aromatic carbocycles. The van der Waals surface area contributed by atoms with Crippen LogP contribution in [0.1, 0.15) is 11.1 Å². The Kier molecular flexibility index (Phi) is 2.25. The van der Waals surface area contributed by atoms with Crippen molar-refractivity contribution in [1.29, 1.82) is 0 Å². The molecule has 0 aliphatic heterocycles. The van der Waals surface area contributed by atoms with E-state index < -0.39 is 0 Å². The number of H-pyrrole nitrogens is 1. The summed E-state index contributed by atoms with van der Waals surface area (Å²) in [5.74, 6) is -0.171. The lowest BCUT2D eigenvalue weighted by Crippen LogP contribution is -2.02. The highest BCUT2D eigenvalue weighted by molar-refractivity contribution is 5.86. The predicted molar refractivity (Wildman–Crippen MR) is 55.8 cm³/mol. The number of hydrogen-bond donors (Lipinski definition) is 2. The van der Waals surface area contributed by atoms with Crippen LogP contribution in [0.5, 0.6) is 0 Å². The van der Waals surface area contributed by atoms with Gasteiger partial charge in [0.15, 0.2) is 0 Å². The number of benzene rings is 1. The summed E-state index contributed by atoms with van der Waals surface area (Å²) in [5, 5.41) is 0.690. The highest BCUT2D eigenvalue weighted by Crippen LogP contribution is 2.24. The van der Waals surface area contributed by atoms with Crippen LogP contribution < -0.4 is 5.73 Å². The molecule has 2 rings (SSSR count). The maximum Gasteiger partial charge on any atom is 0.132 e. The van der Waals surface area contributed by atoms with E-state index in [2.05, 4.69) is 4.98 Å². The van der Waals surface area contributed by atoms with Crippen LogP contribution in [-0.4, -0.2) is 11.5 Å². The summed E-state index contributed by atoms with van der Waals surface area (Å²) in [5.41, 5.74) is 8.37. The number of aromatic amines is 1. The fourth-order valence-corrected chi connectivity index (χ4v) is 1.77. The van der Waals surface area contributed by atoms with Crippen LogP contribution in [0.25, 0.3) is 10.9 Å². The standard InChI is InChI=1S/C11H13FN2/c1-7-2-3-9(12)10-8(4-5-13)6-14-11(7)10/h2-3,6,14H,4-5,13H2,1H3. The third kappa shape index (κ3) is 1.30. The van der Waals surface area contributed by atoms with E-state index >= 15 is 0 Å². The lowest BCUT2D eigenvalue weighted by atomic mass is 10.1. The first-order valence-corrected chi connectivity index (χ1v) is 4.69. The second-order valence-corrected chi connectivity index (χ2v) is 3.47. The van der Waals surface area contributed by atoms with Crippen LogP contribution in [0.3, 0.4) is 0 Å². The first-order valence-electron chi connectivity index (χ1n) is 4.69. The molecule has 0 fully saturated rings. The van der Waals surface area contributed by atoms with Crippen molar-refractivity contribution in [2.24, 2.45) is 5.73 Å². The number of nitrogens with one attached hydrogen (secondary N) is 1. The van der Waals surface area contributed by atoms with Crippen LogP contribution >= 0.6 is 0 Å². The van der Waals surface area contributed by atoms with Crippen molar-refractivity contribution >= 4 is 10.9 Å². The zero-order valence-electron chi connectivity index (χ0n) is 8.10. The molecule has 1 aromatic heterocycles. The largest absolute Gasteiger partial charge is 0.361 e. The van der Waals surface area contributed by atoms with Gasteiger partial charge in [0, 0.05) is 11.6 Å². The second-order valence-electron chi connectivity index (χ2n) is 3.47. The molecule has 0 amide bonds. The van der Waals surface area contributed by atoms with E-state index in [-0.39, 0.29) is 5.82 Å². The third-order valence-electron chi connectivity index (χ3n) is 2.49. The molecular weight excluding hydrogens is 179 g/mol. The summed E-state index contributed by atoms with van der Waals surface area (Å²) < 4.78 is 13.5. The third-order valence-corrected chi connectivity index (χ3v) is 2.49. The van der Waals surface area contributed by atoms with Gasteiger partial charge < -0.3 is 10.7 Å². The summed E-state index contributed by atoms with van der Waals surface area (Å²) in [6.45, 7) is 2.50. The molecule has 0 atom stereocenters. The Labute approximate surface area is 81.9 Å². The van der Waals surface area contributed by atoms with Gasteiger partial charge in [0.1, 0.15) is 5.82 Å². The van der Waals surface area contributed by atoms with Crippen molar-refractivity contribution in [1.82, 2.24) is 4.98 Å². The fourth-order valence-electron chi connectivity index (χ4n) is 1.77. The van der Waals surface area contributed by atoms with Crippen molar-refractivity contribution in [2.45, 2.75) is 13.3 Å². The normalized spacial score (nSPS) is 11.1. The Bertz CT molecular complexity index is 460. The number of nitrogens with two attached hydrogens (primary N) is 1. The Morgan fingerprint density at radius 2 is 2.21 bits per heavy atom. The Morgan fingerprint density at radius 1 is 1.43 bits per heavy atom. The molecule has 0 saturated carbocycles. The molecule has 0 spiro atoms. The summed E-state index contributed by atoms with van der Waals surface area (Å²) in [6.07, 6.45) is 2.55. The van der Waals surface area contributed by atoms with Crippen LogP contribution in [0.4, 0.5) is 4.39 Å².